The standard InChI is InChI=1S/C14H21NO3/c1-14(2,13(16)17)7-8-15(11-5-6-11)10-12-4-3-9-18-12/h3-4,9,11H,5-8,10H2,1-2H3,(H,16,17). The van der Waals surface area contributed by atoms with Gasteiger partial charge in [-0.05, 0) is 51.8 Å². The molecular formula is C14H21NO3. The van der Waals surface area contributed by atoms with Crippen molar-refractivity contribution in [2.45, 2.75) is 45.7 Å². The molecule has 1 aliphatic rings. The summed E-state index contributed by atoms with van der Waals surface area (Å²) in [4.78, 5) is 13.4. The summed E-state index contributed by atoms with van der Waals surface area (Å²) in [7, 11) is 0. The van der Waals surface area contributed by atoms with Gasteiger partial charge in [0.25, 0.3) is 0 Å². The van der Waals surface area contributed by atoms with Crippen LogP contribution >= 0.6 is 0 Å². The minimum Gasteiger partial charge on any atom is -0.481 e. The minimum absolute atomic E-state index is 0.611. The maximum atomic E-state index is 11.1. The zero-order valence-corrected chi connectivity index (χ0v) is 11.1. The summed E-state index contributed by atoms with van der Waals surface area (Å²) in [5.74, 6) is 0.228. The molecule has 1 N–H and O–H groups in total. The van der Waals surface area contributed by atoms with Crippen LogP contribution in [0.3, 0.4) is 0 Å². The van der Waals surface area contributed by atoms with Crippen molar-refractivity contribution >= 4 is 5.97 Å². The summed E-state index contributed by atoms with van der Waals surface area (Å²) in [5, 5.41) is 9.13. The van der Waals surface area contributed by atoms with Crippen molar-refractivity contribution < 1.29 is 14.3 Å². The van der Waals surface area contributed by atoms with Crippen molar-refractivity contribution in [2.75, 3.05) is 6.54 Å². The van der Waals surface area contributed by atoms with Gasteiger partial charge < -0.3 is 9.52 Å². The van der Waals surface area contributed by atoms with Crippen LogP contribution in [-0.4, -0.2) is 28.6 Å². The van der Waals surface area contributed by atoms with Crippen LogP contribution in [0.2, 0.25) is 0 Å². The molecule has 100 valence electrons. The summed E-state index contributed by atoms with van der Waals surface area (Å²) in [6, 6.07) is 4.47. The van der Waals surface area contributed by atoms with Crippen LogP contribution in [0.15, 0.2) is 22.8 Å². The first kappa shape index (κ1) is 13.1. The van der Waals surface area contributed by atoms with Gasteiger partial charge in [-0.2, -0.15) is 0 Å². The van der Waals surface area contributed by atoms with Crippen LogP contribution < -0.4 is 0 Å². The molecule has 1 saturated carbocycles. The third-order valence-electron chi connectivity index (χ3n) is 3.61. The number of nitrogens with zero attached hydrogens (tertiary/aromatic N) is 1. The van der Waals surface area contributed by atoms with E-state index in [2.05, 4.69) is 4.90 Å². The zero-order chi connectivity index (χ0) is 13.2. The Bertz CT molecular complexity index is 393. The first-order valence-corrected chi connectivity index (χ1v) is 6.49. The van der Waals surface area contributed by atoms with Crippen LogP contribution in [0.5, 0.6) is 0 Å². The summed E-state index contributed by atoms with van der Waals surface area (Å²) in [5.41, 5.74) is -0.656. The number of rotatable bonds is 7. The molecule has 0 unspecified atom stereocenters. The van der Waals surface area contributed by atoms with Crippen LogP contribution in [-0.2, 0) is 11.3 Å². The average Bonchev–Trinajstić information content (AvgIpc) is 3.02. The fraction of sp³-hybridized carbons (Fsp3) is 0.643. The predicted octanol–water partition coefficient (Wildman–Crippen LogP) is 2.74. The third-order valence-corrected chi connectivity index (χ3v) is 3.61. The van der Waals surface area contributed by atoms with E-state index in [1.807, 2.05) is 12.1 Å². The van der Waals surface area contributed by atoms with Crippen LogP contribution in [0.4, 0.5) is 0 Å². The highest BCUT2D eigenvalue weighted by molar-refractivity contribution is 5.73. The number of carbonyl (C=O) groups is 1. The average molecular weight is 251 g/mol. The maximum absolute atomic E-state index is 11.1. The van der Waals surface area contributed by atoms with Gasteiger partial charge in [-0.15, -0.1) is 0 Å². The maximum Gasteiger partial charge on any atom is 0.309 e. The number of aliphatic carboxylic acids is 1. The molecule has 0 aromatic carbocycles. The van der Waals surface area contributed by atoms with E-state index in [0.29, 0.717) is 12.5 Å². The first-order valence-electron chi connectivity index (χ1n) is 6.49. The van der Waals surface area contributed by atoms with Crippen molar-refractivity contribution in [3.05, 3.63) is 24.2 Å². The van der Waals surface area contributed by atoms with E-state index >= 15 is 0 Å². The highest BCUT2D eigenvalue weighted by Crippen LogP contribution is 2.30. The SMILES string of the molecule is CC(C)(CCN(Cc1ccco1)C1CC1)C(=O)O. The molecule has 0 atom stereocenters. The molecule has 2 rings (SSSR count). The van der Waals surface area contributed by atoms with Gasteiger partial charge in [-0.3, -0.25) is 9.69 Å². The molecule has 1 fully saturated rings. The van der Waals surface area contributed by atoms with Gasteiger partial charge in [-0.1, -0.05) is 0 Å². The molecule has 1 aromatic rings. The van der Waals surface area contributed by atoms with Crippen molar-refractivity contribution in [3.8, 4) is 0 Å². The Kier molecular flexibility index (Phi) is 3.76. The molecule has 1 aromatic heterocycles. The van der Waals surface area contributed by atoms with Gasteiger partial charge in [0.05, 0.1) is 18.2 Å². The van der Waals surface area contributed by atoms with Crippen LogP contribution in [0, 0.1) is 5.41 Å². The second kappa shape index (κ2) is 5.14. The van der Waals surface area contributed by atoms with E-state index in [9.17, 15) is 4.79 Å². The second-order valence-corrected chi connectivity index (χ2v) is 5.72. The molecule has 1 aliphatic carbocycles. The molecule has 0 saturated heterocycles. The number of hydrogen-bond acceptors (Lipinski definition) is 3. The monoisotopic (exact) mass is 251 g/mol. The van der Waals surface area contributed by atoms with Gasteiger partial charge in [-0.25, -0.2) is 0 Å². The Hall–Kier alpha value is -1.29. The Labute approximate surface area is 108 Å². The van der Waals surface area contributed by atoms with Gasteiger partial charge in [0.1, 0.15) is 5.76 Å². The summed E-state index contributed by atoms with van der Waals surface area (Å²) in [6.45, 7) is 5.17. The Morgan fingerprint density at radius 2 is 2.28 bits per heavy atom. The lowest BCUT2D eigenvalue weighted by Crippen LogP contribution is -2.33. The smallest absolute Gasteiger partial charge is 0.309 e. The molecule has 4 nitrogen and oxygen atoms in total. The van der Waals surface area contributed by atoms with Crippen LogP contribution in [0.25, 0.3) is 0 Å². The van der Waals surface area contributed by atoms with E-state index in [0.717, 1.165) is 18.8 Å². The first-order chi connectivity index (χ1) is 8.49. The fourth-order valence-corrected chi connectivity index (χ4v) is 1.96. The largest absolute Gasteiger partial charge is 0.481 e. The normalized spacial score (nSPS) is 16.2. The highest BCUT2D eigenvalue weighted by atomic mass is 16.4. The highest BCUT2D eigenvalue weighted by Gasteiger charge is 2.33. The van der Waals surface area contributed by atoms with Gasteiger partial charge in [0.2, 0.25) is 0 Å². The summed E-state index contributed by atoms with van der Waals surface area (Å²) < 4.78 is 5.36. The Morgan fingerprint density at radius 1 is 1.56 bits per heavy atom. The van der Waals surface area contributed by atoms with E-state index < -0.39 is 11.4 Å². The lowest BCUT2D eigenvalue weighted by molar-refractivity contribution is -0.147. The van der Waals surface area contributed by atoms with Crippen LogP contribution in [0.1, 0.15) is 38.9 Å². The van der Waals surface area contributed by atoms with Crippen molar-refractivity contribution in [2.24, 2.45) is 5.41 Å². The van der Waals surface area contributed by atoms with Gasteiger partial charge in [0.15, 0.2) is 0 Å². The lowest BCUT2D eigenvalue weighted by atomic mass is 9.89. The van der Waals surface area contributed by atoms with Gasteiger partial charge in [0, 0.05) is 6.04 Å². The van der Waals surface area contributed by atoms with Crippen molar-refractivity contribution in [1.29, 1.82) is 0 Å². The zero-order valence-electron chi connectivity index (χ0n) is 11.1. The molecular weight excluding hydrogens is 230 g/mol. The lowest BCUT2D eigenvalue weighted by Gasteiger charge is -2.26. The molecule has 0 radical (unpaired) electrons. The molecule has 0 amide bonds. The molecule has 18 heavy (non-hydrogen) atoms. The Balaban J connectivity index is 1.89. The van der Waals surface area contributed by atoms with E-state index in [-0.39, 0.29) is 0 Å². The predicted molar refractivity (Wildman–Crippen MR) is 68.2 cm³/mol. The molecule has 0 bridgehead atoms. The number of carboxylic acid groups (broad SMARTS) is 1. The van der Waals surface area contributed by atoms with E-state index in [4.69, 9.17) is 9.52 Å². The fourth-order valence-electron chi connectivity index (χ4n) is 1.96. The molecule has 0 spiro atoms. The quantitative estimate of drug-likeness (QED) is 0.809. The van der Waals surface area contributed by atoms with Gasteiger partial charge >= 0.3 is 5.97 Å². The summed E-state index contributed by atoms with van der Waals surface area (Å²) in [6.07, 6.45) is 4.78. The topological polar surface area (TPSA) is 53.7 Å². The third kappa shape index (κ3) is 3.35. The second-order valence-electron chi connectivity index (χ2n) is 5.72. The number of carboxylic acids is 1. The molecule has 1 heterocycles. The van der Waals surface area contributed by atoms with Crippen molar-refractivity contribution in [3.63, 3.8) is 0 Å². The summed E-state index contributed by atoms with van der Waals surface area (Å²) >= 11 is 0. The number of furan rings is 1. The number of hydrogen-bond donors (Lipinski definition) is 1. The Morgan fingerprint density at radius 3 is 2.78 bits per heavy atom. The van der Waals surface area contributed by atoms with E-state index in [1.165, 1.54) is 12.8 Å². The van der Waals surface area contributed by atoms with Crippen molar-refractivity contribution in [1.82, 2.24) is 4.90 Å². The molecule has 4 heteroatoms. The molecule has 0 aliphatic heterocycles. The van der Waals surface area contributed by atoms with E-state index in [1.54, 1.807) is 20.1 Å². The minimum atomic E-state index is -0.726.